The van der Waals surface area contributed by atoms with Gasteiger partial charge in [0.25, 0.3) is 0 Å². The molecule has 1 fully saturated rings. The molecule has 3 aromatic rings. The maximum Gasteiger partial charge on any atom is 0.230 e. The minimum atomic E-state index is -0.546. The third-order valence-electron chi connectivity index (χ3n) is 5.44. The number of aromatic nitrogens is 2. The van der Waals surface area contributed by atoms with Crippen LogP contribution in [0.3, 0.4) is 0 Å². The highest BCUT2D eigenvalue weighted by atomic mass is 19.1. The Morgan fingerprint density at radius 2 is 1.85 bits per heavy atom. The molecule has 178 valence electrons. The predicted molar refractivity (Wildman–Crippen MR) is 129 cm³/mol. The fraction of sp³-hybridized carbons (Fsp3) is 0.440. The van der Waals surface area contributed by atoms with E-state index in [0.29, 0.717) is 11.1 Å². The first kappa shape index (κ1) is 24.7. The van der Waals surface area contributed by atoms with Crippen LogP contribution in [0.15, 0.2) is 36.7 Å². The zero-order valence-electron chi connectivity index (χ0n) is 19.6. The number of rotatable bonds is 8. The molecule has 0 spiro atoms. The second kappa shape index (κ2) is 12.3. The molecule has 0 amide bonds. The smallest absolute Gasteiger partial charge is 0.230 e. The van der Waals surface area contributed by atoms with Crippen molar-refractivity contribution >= 4 is 16.6 Å². The number of unbranched alkanes of at least 4 members (excludes halogenated alkanes) is 1. The number of morpholine rings is 1. The lowest BCUT2D eigenvalue weighted by Crippen LogP contribution is -2.36. The van der Waals surface area contributed by atoms with E-state index in [-0.39, 0.29) is 11.6 Å². The second-order valence-corrected chi connectivity index (χ2v) is 7.56. The molecule has 0 atom stereocenters. The molecule has 2 aromatic carbocycles. The van der Waals surface area contributed by atoms with Gasteiger partial charge in [-0.15, -0.1) is 0 Å². The van der Waals surface area contributed by atoms with Crippen LogP contribution in [0.25, 0.3) is 10.9 Å². The highest BCUT2D eigenvalue weighted by Crippen LogP contribution is 2.33. The minimum Gasteiger partial charge on any atom is -0.496 e. The number of hydrogen-bond donors (Lipinski definition) is 1. The lowest BCUT2D eigenvalue weighted by Gasteiger charge is -2.26. The fourth-order valence-electron chi connectivity index (χ4n) is 3.75. The average molecular weight is 457 g/mol. The minimum absolute atomic E-state index is 0.0559. The lowest BCUT2D eigenvalue weighted by atomic mass is 10.0. The highest BCUT2D eigenvalue weighted by Gasteiger charge is 2.14. The van der Waals surface area contributed by atoms with Gasteiger partial charge in [-0.05, 0) is 55.6 Å². The van der Waals surface area contributed by atoms with E-state index in [1.807, 2.05) is 26.0 Å². The Morgan fingerprint density at radius 3 is 2.58 bits per heavy atom. The monoisotopic (exact) mass is 456 g/mol. The predicted octanol–water partition coefficient (Wildman–Crippen LogP) is 4.83. The molecule has 0 aliphatic carbocycles. The fourth-order valence-corrected chi connectivity index (χ4v) is 3.75. The number of aryl methyl sites for hydroxylation is 1. The molecule has 1 aliphatic rings. The van der Waals surface area contributed by atoms with Crippen LogP contribution in [-0.4, -0.2) is 54.8 Å². The third-order valence-corrected chi connectivity index (χ3v) is 5.44. The van der Waals surface area contributed by atoms with Gasteiger partial charge in [0.2, 0.25) is 5.88 Å². The van der Waals surface area contributed by atoms with Crippen LogP contribution in [0.2, 0.25) is 0 Å². The molecular weight excluding hydrogens is 423 g/mol. The third kappa shape index (κ3) is 6.52. The maximum absolute atomic E-state index is 14.2. The Labute approximate surface area is 194 Å². The number of fused-ring (bicyclic) bond motifs is 1. The van der Waals surface area contributed by atoms with Gasteiger partial charge in [0.15, 0.2) is 11.6 Å². The van der Waals surface area contributed by atoms with Crippen molar-refractivity contribution in [3.8, 4) is 17.4 Å². The van der Waals surface area contributed by atoms with Crippen molar-refractivity contribution in [3.63, 3.8) is 0 Å². The Hall–Kier alpha value is -2.97. The summed E-state index contributed by atoms with van der Waals surface area (Å²) >= 11 is 0. The van der Waals surface area contributed by atoms with Gasteiger partial charge in [-0.25, -0.2) is 14.4 Å². The summed E-state index contributed by atoms with van der Waals surface area (Å²) < 4.78 is 30.9. The van der Waals surface area contributed by atoms with Gasteiger partial charge in [-0.3, -0.25) is 4.90 Å². The molecule has 8 heteroatoms. The Bertz CT molecular complexity index is 1040. The molecule has 0 unspecified atom stereocenters. The molecule has 1 aromatic heterocycles. The van der Waals surface area contributed by atoms with E-state index in [1.54, 1.807) is 13.2 Å². The van der Waals surface area contributed by atoms with Gasteiger partial charge >= 0.3 is 0 Å². The van der Waals surface area contributed by atoms with E-state index < -0.39 is 5.82 Å². The zero-order valence-corrected chi connectivity index (χ0v) is 19.6. The van der Waals surface area contributed by atoms with Crippen molar-refractivity contribution in [1.29, 1.82) is 0 Å². The molecule has 7 nitrogen and oxygen atoms in total. The van der Waals surface area contributed by atoms with Crippen molar-refractivity contribution in [2.75, 3.05) is 45.7 Å². The largest absolute Gasteiger partial charge is 0.496 e. The van der Waals surface area contributed by atoms with Crippen LogP contribution in [0.4, 0.5) is 10.1 Å². The molecular formula is C25H33FN4O3. The van der Waals surface area contributed by atoms with Crippen molar-refractivity contribution in [3.05, 3.63) is 48.0 Å². The number of anilines is 1. The summed E-state index contributed by atoms with van der Waals surface area (Å²) in [6.07, 6.45) is 4.46. The summed E-state index contributed by atoms with van der Waals surface area (Å²) in [7, 11) is 1.64. The highest BCUT2D eigenvalue weighted by molar-refractivity contribution is 5.86. The number of ether oxygens (including phenoxy) is 3. The van der Waals surface area contributed by atoms with Crippen molar-refractivity contribution in [2.24, 2.45) is 0 Å². The lowest BCUT2D eigenvalue weighted by molar-refractivity contribution is 0.0372. The number of nitrogen functional groups attached to an aromatic ring is 1. The average Bonchev–Trinajstić information content (AvgIpc) is 2.85. The topological polar surface area (TPSA) is 82.7 Å². The molecule has 0 radical (unpaired) electrons. The van der Waals surface area contributed by atoms with Gasteiger partial charge < -0.3 is 19.9 Å². The van der Waals surface area contributed by atoms with E-state index >= 15 is 0 Å². The van der Waals surface area contributed by atoms with Crippen LogP contribution in [0, 0.1) is 5.82 Å². The number of methoxy groups -OCH3 is 1. The van der Waals surface area contributed by atoms with Crippen molar-refractivity contribution < 1.29 is 18.6 Å². The number of benzene rings is 2. The first-order chi connectivity index (χ1) is 16.1. The molecule has 33 heavy (non-hydrogen) atoms. The van der Waals surface area contributed by atoms with E-state index in [1.165, 1.54) is 18.5 Å². The van der Waals surface area contributed by atoms with E-state index in [9.17, 15) is 4.39 Å². The SMILES string of the molecule is CC.COc1cc2c(Oc3ccc(N)cc3F)ncnc2cc1CCCCN1CCOCC1. The maximum atomic E-state index is 14.2. The first-order valence-electron chi connectivity index (χ1n) is 11.5. The Kier molecular flexibility index (Phi) is 9.21. The number of halogens is 1. The van der Waals surface area contributed by atoms with Crippen molar-refractivity contribution in [2.45, 2.75) is 33.1 Å². The van der Waals surface area contributed by atoms with Crippen LogP contribution in [0.1, 0.15) is 32.3 Å². The molecule has 4 rings (SSSR count). The Morgan fingerprint density at radius 1 is 1.06 bits per heavy atom. The summed E-state index contributed by atoms with van der Waals surface area (Å²) in [6.45, 7) is 8.74. The summed E-state index contributed by atoms with van der Waals surface area (Å²) in [5.74, 6) is 0.526. The van der Waals surface area contributed by atoms with Crippen LogP contribution in [0.5, 0.6) is 17.4 Å². The Balaban J connectivity index is 0.00000149. The molecule has 0 bridgehead atoms. The standard InChI is InChI=1S/C23H27FN4O3.C2H6/c1-29-22-14-18-20(12-16(22)4-2-3-7-28-8-10-30-11-9-28)26-15-27-23(18)31-21-6-5-17(25)13-19(21)24;1-2/h5-6,12-15H,2-4,7-11,25H2,1H3;1-2H3. The summed E-state index contributed by atoms with van der Waals surface area (Å²) in [5.41, 5.74) is 7.75. The van der Waals surface area contributed by atoms with Gasteiger partial charge in [0, 0.05) is 24.8 Å². The zero-order chi connectivity index (χ0) is 23.6. The molecule has 1 aliphatic heterocycles. The quantitative estimate of drug-likeness (QED) is 0.384. The van der Waals surface area contributed by atoms with Crippen LogP contribution in [-0.2, 0) is 11.2 Å². The summed E-state index contributed by atoms with van der Waals surface area (Å²) in [5, 5.41) is 0.660. The molecule has 0 saturated carbocycles. The number of hydrogen-bond acceptors (Lipinski definition) is 7. The van der Waals surface area contributed by atoms with Crippen LogP contribution < -0.4 is 15.2 Å². The number of nitrogens with two attached hydrogens (primary N) is 1. The molecule has 2 heterocycles. The van der Waals surface area contributed by atoms with Crippen LogP contribution >= 0.6 is 0 Å². The summed E-state index contributed by atoms with van der Waals surface area (Å²) in [6, 6.07) is 8.14. The second-order valence-electron chi connectivity index (χ2n) is 7.56. The van der Waals surface area contributed by atoms with E-state index in [4.69, 9.17) is 19.9 Å². The van der Waals surface area contributed by atoms with Gasteiger partial charge in [-0.1, -0.05) is 13.8 Å². The van der Waals surface area contributed by atoms with Gasteiger partial charge in [0.1, 0.15) is 12.1 Å². The van der Waals surface area contributed by atoms with E-state index in [2.05, 4.69) is 14.9 Å². The van der Waals surface area contributed by atoms with E-state index in [0.717, 1.165) is 68.9 Å². The molecule has 2 N–H and O–H groups in total. The van der Waals surface area contributed by atoms with Gasteiger partial charge in [0.05, 0.1) is 31.2 Å². The van der Waals surface area contributed by atoms with Crippen molar-refractivity contribution in [1.82, 2.24) is 14.9 Å². The van der Waals surface area contributed by atoms with Gasteiger partial charge in [-0.2, -0.15) is 0 Å². The molecule has 1 saturated heterocycles. The first-order valence-corrected chi connectivity index (χ1v) is 11.5. The summed E-state index contributed by atoms with van der Waals surface area (Å²) in [4.78, 5) is 11.0. The normalized spacial score (nSPS) is 13.9. The number of nitrogens with zero attached hydrogens (tertiary/aromatic N) is 3.